The van der Waals surface area contributed by atoms with E-state index in [4.69, 9.17) is 4.74 Å². The molecular formula is C21H26N2O2. The van der Waals surface area contributed by atoms with Gasteiger partial charge in [-0.2, -0.15) is 0 Å². The lowest BCUT2D eigenvalue weighted by Crippen LogP contribution is -2.38. The van der Waals surface area contributed by atoms with Gasteiger partial charge in [0.05, 0.1) is 12.8 Å². The van der Waals surface area contributed by atoms with Crippen LogP contribution in [0.25, 0.3) is 0 Å². The van der Waals surface area contributed by atoms with Crippen LogP contribution in [0.4, 0.5) is 0 Å². The molecule has 4 heteroatoms. The van der Waals surface area contributed by atoms with Gasteiger partial charge in [-0.1, -0.05) is 6.07 Å². The summed E-state index contributed by atoms with van der Waals surface area (Å²) < 4.78 is 5.24. The second-order valence-corrected chi connectivity index (χ2v) is 6.89. The Balaban J connectivity index is 1.69. The van der Waals surface area contributed by atoms with E-state index in [1.807, 2.05) is 44.2 Å². The van der Waals surface area contributed by atoms with Crippen LogP contribution in [0.3, 0.4) is 0 Å². The maximum atomic E-state index is 13.0. The van der Waals surface area contributed by atoms with Crippen LogP contribution in [0.15, 0.2) is 36.4 Å². The molecule has 4 nitrogen and oxygen atoms in total. The van der Waals surface area contributed by atoms with Gasteiger partial charge in [-0.05, 0) is 69.1 Å². The van der Waals surface area contributed by atoms with Crippen LogP contribution in [0.2, 0.25) is 0 Å². The molecule has 0 bridgehead atoms. The van der Waals surface area contributed by atoms with Crippen LogP contribution >= 0.6 is 0 Å². The summed E-state index contributed by atoms with van der Waals surface area (Å²) in [6.45, 7) is 6.64. The summed E-state index contributed by atoms with van der Waals surface area (Å²) in [5.41, 5.74) is 3.92. The molecule has 2 aromatic rings. The topological polar surface area (TPSA) is 42.4 Å². The van der Waals surface area contributed by atoms with Gasteiger partial charge in [0.15, 0.2) is 5.78 Å². The molecule has 0 unspecified atom stereocenters. The summed E-state index contributed by atoms with van der Waals surface area (Å²) in [5.74, 6) is 1.11. The molecule has 1 aliphatic heterocycles. The summed E-state index contributed by atoms with van der Waals surface area (Å²) in [5, 5.41) is 0. The fourth-order valence-electron chi connectivity index (χ4n) is 3.59. The fourth-order valence-corrected chi connectivity index (χ4v) is 3.59. The van der Waals surface area contributed by atoms with Gasteiger partial charge in [0, 0.05) is 30.3 Å². The maximum absolute atomic E-state index is 13.0. The minimum absolute atomic E-state index is 0.0608. The van der Waals surface area contributed by atoms with Crippen molar-refractivity contribution in [3.05, 3.63) is 58.9 Å². The number of Topliss-reactive ketones (excluding diaryl/α,β-unsaturated/α-hetero) is 1. The molecule has 0 N–H and O–H groups in total. The van der Waals surface area contributed by atoms with Crippen molar-refractivity contribution in [1.29, 1.82) is 0 Å². The van der Waals surface area contributed by atoms with Gasteiger partial charge in [-0.25, -0.2) is 0 Å². The number of ether oxygens (including phenoxy) is 1. The van der Waals surface area contributed by atoms with E-state index >= 15 is 0 Å². The Kier molecular flexibility index (Phi) is 5.49. The van der Waals surface area contributed by atoms with Crippen molar-refractivity contribution in [2.75, 3.05) is 20.2 Å². The van der Waals surface area contributed by atoms with Crippen LogP contribution < -0.4 is 4.74 Å². The Labute approximate surface area is 149 Å². The van der Waals surface area contributed by atoms with Crippen molar-refractivity contribution in [3.8, 4) is 5.75 Å². The number of carbonyl (C=O) groups excluding carboxylic acids is 1. The number of aromatic nitrogens is 1. The number of carbonyl (C=O) groups is 1. The molecule has 132 valence electrons. The number of hydrogen-bond donors (Lipinski definition) is 0. The van der Waals surface area contributed by atoms with Gasteiger partial charge in [-0.3, -0.25) is 14.7 Å². The zero-order chi connectivity index (χ0) is 17.8. The van der Waals surface area contributed by atoms with E-state index in [1.165, 1.54) is 0 Å². The normalized spacial score (nSPS) is 18.1. The van der Waals surface area contributed by atoms with Crippen LogP contribution in [-0.4, -0.2) is 35.9 Å². The number of aryl methyl sites for hydroxylation is 2. The minimum Gasteiger partial charge on any atom is -0.497 e. The van der Waals surface area contributed by atoms with E-state index in [0.717, 1.165) is 60.7 Å². The number of likely N-dealkylation sites (tertiary alicyclic amines) is 1. The Morgan fingerprint density at radius 3 is 2.84 bits per heavy atom. The monoisotopic (exact) mass is 338 g/mol. The van der Waals surface area contributed by atoms with Gasteiger partial charge < -0.3 is 4.74 Å². The molecule has 0 saturated carbocycles. The van der Waals surface area contributed by atoms with Crippen molar-refractivity contribution in [3.63, 3.8) is 0 Å². The first-order valence-corrected chi connectivity index (χ1v) is 8.90. The van der Waals surface area contributed by atoms with Gasteiger partial charge in [0.2, 0.25) is 0 Å². The molecule has 2 heterocycles. The third kappa shape index (κ3) is 4.26. The molecule has 1 aliphatic rings. The first-order valence-electron chi connectivity index (χ1n) is 8.90. The molecule has 1 aromatic carbocycles. The van der Waals surface area contributed by atoms with Gasteiger partial charge in [0.1, 0.15) is 5.75 Å². The molecule has 0 spiro atoms. The lowest BCUT2D eigenvalue weighted by atomic mass is 9.88. The molecule has 25 heavy (non-hydrogen) atoms. The Morgan fingerprint density at radius 2 is 2.12 bits per heavy atom. The highest BCUT2D eigenvalue weighted by molar-refractivity contribution is 5.99. The molecule has 0 amide bonds. The van der Waals surface area contributed by atoms with Crippen molar-refractivity contribution in [1.82, 2.24) is 9.88 Å². The molecular weight excluding hydrogens is 312 g/mol. The van der Waals surface area contributed by atoms with E-state index in [0.29, 0.717) is 0 Å². The van der Waals surface area contributed by atoms with E-state index in [9.17, 15) is 4.79 Å². The average Bonchev–Trinajstić information content (AvgIpc) is 2.61. The molecule has 1 atom stereocenters. The first kappa shape index (κ1) is 17.6. The fraction of sp³-hybridized carbons (Fsp3) is 0.429. The highest BCUT2D eigenvalue weighted by atomic mass is 16.5. The first-order chi connectivity index (χ1) is 12.1. The molecule has 0 aliphatic carbocycles. The Bertz CT molecular complexity index is 757. The number of nitrogens with zero attached hydrogens (tertiary/aromatic N) is 2. The number of pyridine rings is 1. The predicted octanol–water partition coefficient (Wildman–Crippen LogP) is 3.80. The minimum atomic E-state index is 0.0608. The summed E-state index contributed by atoms with van der Waals surface area (Å²) in [6, 6.07) is 11.8. The van der Waals surface area contributed by atoms with Gasteiger partial charge in [-0.15, -0.1) is 0 Å². The zero-order valence-corrected chi connectivity index (χ0v) is 15.3. The van der Waals surface area contributed by atoms with E-state index < -0.39 is 0 Å². The number of rotatable bonds is 5. The summed E-state index contributed by atoms with van der Waals surface area (Å²) >= 11 is 0. The molecule has 0 radical (unpaired) electrons. The van der Waals surface area contributed by atoms with Crippen molar-refractivity contribution in [2.24, 2.45) is 5.92 Å². The van der Waals surface area contributed by atoms with E-state index in [2.05, 4.69) is 16.0 Å². The van der Waals surface area contributed by atoms with Crippen LogP contribution in [-0.2, 0) is 6.54 Å². The zero-order valence-electron chi connectivity index (χ0n) is 15.3. The smallest absolute Gasteiger partial charge is 0.167 e. The third-order valence-corrected chi connectivity index (χ3v) is 4.91. The highest BCUT2D eigenvalue weighted by Gasteiger charge is 2.27. The molecule has 1 saturated heterocycles. The second kappa shape index (κ2) is 7.79. The standard InChI is InChI=1S/C21H26N2O2/c1-15-12-19(25-3)9-10-20(15)21(24)17-7-5-11-23(13-17)14-18-8-4-6-16(2)22-18/h4,6,8-10,12,17H,5,7,11,13-14H2,1-3H3/t17-/m1/s1. The molecule has 1 fully saturated rings. The largest absolute Gasteiger partial charge is 0.497 e. The lowest BCUT2D eigenvalue weighted by molar-refractivity contribution is 0.0809. The van der Waals surface area contributed by atoms with Crippen molar-refractivity contribution >= 4 is 5.78 Å². The average molecular weight is 338 g/mol. The lowest BCUT2D eigenvalue weighted by Gasteiger charge is -2.32. The third-order valence-electron chi connectivity index (χ3n) is 4.91. The van der Waals surface area contributed by atoms with Crippen LogP contribution in [0.1, 0.15) is 40.2 Å². The number of ketones is 1. The van der Waals surface area contributed by atoms with Crippen LogP contribution in [0.5, 0.6) is 5.75 Å². The maximum Gasteiger partial charge on any atom is 0.167 e. The number of piperidine rings is 1. The second-order valence-electron chi connectivity index (χ2n) is 6.89. The van der Waals surface area contributed by atoms with Gasteiger partial charge in [0.25, 0.3) is 0 Å². The molecule has 1 aromatic heterocycles. The summed E-state index contributed by atoms with van der Waals surface area (Å²) in [4.78, 5) is 19.9. The Hall–Kier alpha value is -2.20. The summed E-state index contributed by atoms with van der Waals surface area (Å²) in [6.07, 6.45) is 2.01. The number of methoxy groups -OCH3 is 1. The predicted molar refractivity (Wildman–Crippen MR) is 99.0 cm³/mol. The van der Waals surface area contributed by atoms with E-state index in [1.54, 1.807) is 7.11 Å². The van der Waals surface area contributed by atoms with Crippen LogP contribution in [0, 0.1) is 19.8 Å². The quantitative estimate of drug-likeness (QED) is 0.778. The Morgan fingerprint density at radius 1 is 1.28 bits per heavy atom. The summed E-state index contributed by atoms with van der Waals surface area (Å²) in [7, 11) is 1.65. The van der Waals surface area contributed by atoms with Gasteiger partial charge >= 0.3 is 0 Å². The SMILES string of the molecule is COc1ccc(C(=O)[C@@H]2CCCN(Cc3cccc(C)n3)C2)c(C)c1. The number of benzene rings is 1. The van der Waals surface area contributed by atoms with Crippen molar-refractivity contribution < 1.29 is 9.53 Å². The van der Waals surface area contributed by atoms with Crippen molar-refractivity contribution in [2.45, 2.75) is 33.2 Å². The number of hydrogen-bond acceptors (Lipinski definition) is 4. The highest BCUT2D eigenvalue weighted by Crippen LogP contribution is 2.25. The van der Waals surface area contributed by atoms with E-state index in [-0.39, 0.29) is 11.7 Å². The molecule has 3 rings (SSSR count).